The highest BCUT2D eigenvalue weighted by Gasteiger charge is 2.36. The second kappa shape index (κ2) is 6.25. The van der Waals surface area contributed by atoms with E-state index in [1.807, 2.05) is 0 Å². The first kappa shape index (κ1) is 16.3. The minimum absolute atomic E-state index is 0.129. The molecule has 6 nitrogen and oxygen atoms in total. The molecule has 7 heteroatoms. The standard InChI is InChI=1S/C19H15FN2O4/c1-25-19(24)12-8-17(23)22(10-12)14-6-7-16-15(9-14)21-18(26-16)11-2-4-13(20)5-3-11/h2-7,9,12H,8,10H2,1H3. The number of amides is 1. The third kappa shape index (κ3) is 2.81. The van der Waals surface area contributed by atoms with E-state index in [0.717, 1.165) is 0 Å². The van der Waals surface area contributed by atoms with Crippen LogP contribution in [0.5, 0.6) is 0 Å². The molecule has 0 saturated carbocycles. The van der Waals surface area contributed by atoms with Crippen LogP contribution in [0.2, 0.25) is 0 Å². The summed E-state index contributed by atoms with van der Waals surface area (Å²) in [6.45, 7) is 0.277. The van der Waals surface area contributed by atoms with E-state index in [9.17, 15) is 14.0 Å². The van der Waals surface area contributed by atoms with Crippen LogP contribution in [0.1, 0.15) is 6.42 Å². The number of nitrogens with zero attached hydrogens (tertiary/aromatic N) is 2. The van der Waals surface area contributed by atoms with Gasteiger partial charge in [-0.05, 0) is 42.5 Å². The lowest BCUT2D eigenvalue weighted by atomic mass is 10.1. The average molecular weight is 354 g/mol. The van der Waals surface area contributed by atoms with Crippen LogP contribution in [0.4, 0.5) is 10.1 Å². The molecular weight excluding hydrogens is 339 g/mol. The summed E-state index contributed by atoms with van der Waals surface area (Å²) in [4.78, 5) is 29.9. The number of fused-ring (bicyclic) bond motifs is 1. The summed E-state index contributed by atoms with van der Waals surface area (Å²) in [5.41, 5.74) is 2.44. The average Bonchev–Trinajstić information content (AvgIpc) is 3.24. The first-order chi connectivity index (χ1) is 12.5. The van der Waals surface area contributed by atoms with Gasteiger partial charge in [-0.2, -0.15) is 0 Å². The number of hydrogen-bond acceptors (Lipinski definition) is 5. The summed E-state index contributed by atoms with van der Waals surface area (Å²) >= 11 is 0. The monoisotopic (exact) mass is 354 g/mol. The Kier molecular flexibility index (Phi) is 3.91. The predicted octanol–water partition coefficient (Wildman–Crippen LogP) is 3.16. The third-order valence-corrected chi connectivity index (χ3v) is 4.43. The maximum atomic E-state index is 13.1. The minimum atomic E-state index is -0.463. The van der Waals surface area contributed by atoms with E-state index in [2.05, 4.69) is 4.98 Å². The number of oxazole rings is 1. The van der Waals surface area contributed by atoms with Crippen molar-refractivity contribution in [2.45, 2.75) is 6.42 Å². The summed E-state index contributed by atoms with van der Waals surface area (Å²) in [6.07, 6.45) is 0.129. The molecule has 1 aliphatic heterocycles. The van der Waals surface area contributed by atoms with Gasteiger partial charge in [0.25, 0.3) is 0 Å². The van der Waals surface area contributed by atoms with E-state index in [1.54, 1.807) is 35.2 Å². The summed E-state index contributed by atoms with van der Waals surface area (Å²) in [5, 5.41) is 0. The van der Waals surface area contributed by atoms with E-state index in [1.165, 1.54) is 19.2 Å². The number of rotatable bonds is 3. The lowest BCUT2D eigenvalue weighted by Gasteiger charge is -2.16. The maximum absolute atomic E-state index is 13.1. The number of aromatic nitrogens is 1. The Morgan fingerprint density at radius 1 is 1.27 bits per heavy atom. The number of ether oxygens (including phenoxy) is 1. The number of anilines is 1. The molecule has 1 aliphatic rings. The fourth-order valence-corrected chi connectivity index (χ4v) is 3.08. The minimum Gasteiger partial charge on any atom is -0.469 e. The first-order valence-electron chi connectivity index (χ1n) is 8.10. The van der Waals surface area contributed by atoms with Gasteiger partial charge in [-0.25, -0.2) is 9.37 Å². The van der Waals surface area contributed by atoms with Crippen molar-refractivity contribution in [2.75, 3.05) is 18.6 Å². The lowest BCUT2D eigenvalue weighted by molar-refractivity contribution is -0.145. The Hall–Kier alpha value is -3.22. The zero-order chi connectivity index (χ0) is 18.3. The van der Waals surface area contributed by atoms with Gasteiger partial charge >= 0.3 is 5.97 Å². The van der Waals surface area contributed by atoms with Crippen LogP contribution < -0.4 is 4.90 Å². The Morgan fingerprint density at radius 2 is 2.04 bits per heavy atom. The second-order valence-electron chi connectivity index (χ2n) is 6.11. The van der Waals surface area contributed by atoms with Gasteiger partial charge in [0.05, 0.1) is 13.0 Å². The zero-order valence-corrected chi connectivity index (χ0v) is 13.9. The molecule has 1 amide bonds. The predicted molar refractivity (Wildman–Crippen MR) is 91.9 cm³/mol. The Balaban J connectivity index is 1.65. The fraction of sp³-hybridized carbons (Fsp3) is 0.211. The molecule has 132 valence electrons. The fourth-order valence-electron chi connectivity index (χ4n) is 3.08. The molecule has 26 heavy (non-hydrogen) atoms. The number of benzene rings is 2. The molecule has 3 aromatic rings. The quantitative estimate of drug-likeness (QED) is 0.676. The SMILES string of the molecule is COC(=O)C1CC(=O)N(c2ccc3oc(-c4ccc(F)cc4)nc3c2)C1. The van der Waals surface area contributed by atoms with E-state index >= 15 is 0 Å². The van der Waals surface area contributed by atoms with Crippen LogP contribution in [0.25, 0.3) is 22.6 Å². The van der Waals surface area contributed by atoms with E-state index in [4.69, 9.17) is 9.15 Å². The van der Waals surface area contributed by atoms with E-state index in [0.29, 0.717) is 28.2 Å². The molecule has 0 bridgehead atoms. The van der Waals surface area contributed by atoms with Gasteiger partial charge in [0.15, 0.2) is 5.58 Å². The number of halogens is 1. The molecule has 0 radical (unpaired) electrons. The number of carbonyl (C=O) groups excluding carboxylic acids is 2. The molecule has 1 fully saturated rings. The summed E-state index contributed by atoms with van der Waals surface area (Å²) in [6, 6.07) is 11.1. The molecule has 1 saturated heterocycles. The third-order valence-electron chi connectivity index (χ3n) is 4.43. The normalized spacial score (nSPS) is 17.1. The van der Waals surface area contributed by atoms with Crippen LogP contribution in [-0.4, -0.2) is 30.5 Å². The molecule has 1 atom stereocenters. The molecule has 1 aromatic heterocycles. The molecule has 2 aromatic carbocycles. The van der Waals surface area contributed by atoms with Gasteiger partial charge in [0.2, 0.25) is 11.8 Å². The van der Waals surface area contributed by atoms with Crippen molar-refractivity contribution >= 4 is 28.7 Å². The number of hydrogen-bond donors (Lipinski definition) is 0. The van der Waals surface area contributed by atoms with Crippen molar-refractivity contribution in [3.63, 3.8) is 0 Å². The van der Waals surface area contributed by atoms with Crippen LogP contribution in [-0.2, 0) is 14.3 Å². The van der Waals surface area contributed by atoms with Crippen molar-refractivity contribution in [3.8, 4) is 11.5 Å². The highest BCUT2D eigenvalue weighted by atomic mass is 19.1. The Labute approximate surface area is 148 Å². The highest BCUT2D eigenvalue weighted by molar-refractivity contribution is 6.00. The topological polar surface area (TPSA) is 72.6 Å². The largest absolute Gasteiger partial charge is 0.469 e. The van der Waals surface area contributed by atoms with E-state index in [-0.39, 0.29) is 30.7 Å². The highest BCUT2D eigenvalue weighted by Crippen LogP contribution is 2.30. The van der Waals surface area contributed by atoms with Gasteiger partial charge in [0.1, 0.15) is 11.3 Å². The molecule has 4 rings (SSSR count). The van der Waals surface area contributed by atoms with Gasteiger partial charge in [-0.3, -0.25) is 9.59 Å². The van der Waals surface area contributed by atoms with Crippen LogP contribution in [0, 0.1) is 11.7 Å². The van der Waals surface area contributed by atoms with Crippen molar-refractivity contribution in [3.05, 3.63) is 48.3 Å². The first-order valence-corrected chi connectivity index (χ1v) is 8.10. The van der Waals surface area contributed by atoms with E-state index < -0.39 is 5.92 Å². The van der Waals surface area contributed by atoms with Crippen LogP contribution in [0.3, 0.4) is 0 Å². The molecule has 2 heterocycles. The van der Waals surface area contributed by atoms with Crippen molar-refractivity contribution in [1.82, 2.24) is 4.98 Å². The van der Waals surface area contributed by atoms with Crippen LogP contribution >= 0.6 is 0 Å². The maximum Gasteiger partial charge on any atom is 0.311 e. The number of esters is 1. The number of carbonyl (C=O) groups is 2. The Bertz CT molecular complexity index is 996. The van der Waals surface area contributed by atoms with Gasteiger partial charge in [-0.15, -0.1) is 0 Å². The molecule has 0 N–H and O–H groups in total. The molecule has 0 aliphatic carbocycles. The van der Waals surface area contributed by atoms with Crippen molar-refractivity contribution in [1.29, 1.82) is 0 Å². The smallest absolute Gasteiger partial charge is 0.311 e. The second-order valence-corrected chi connectivity index (χ2v) is 6.11. The molecule has 0 spiro atoms. The van der Waals surface area contributed by atoms with Gasteiger partial charge in [0, 0.05) is 24.2 Å². The summed E-state index contributed by atoms with van der Waals surface area (Å²) in [7, 11) is 1.31. The number of methoxy groups -OCH3 is 1. The summed E-state index contributed by atoms with van der Waals surface area (Å²) in [5.74, 6) is -0.948. The van der Waals surface area contributed by atoms with Crippen LogP contribution in [0.15, 0.2) is 46.9 Å². The van der Waals surface area contributed by atoms with Crippen molar-refractivity contribution in [2.24, 2.45) is 5.92 Å². The molecule has 1 unspecified atom stereocenters. The van der Waals surface area contributed by atoms with Gasteiger partial charge in [-0.1, -0.05) is 0 Å². The lowest BCUT2D eigenvalue weighted by Crippen LogP contribution is -2.26. The van der Waals surface area contributed by atoms with Crippen molar-refractivity contribution < 1.29 is 23.1 Å². The Morgan fingerprint density at radius 3 is 2.77 bits per heavy atom. The summed E-state index contributed by atoms with van der Waals surface area (Å²) < 4.78 is 23.5. The zero-order valence-electron chi connectivity index (χ0n) is 13.9. The molecular formula is C19H15FN2O4. The van der Waals surface area contributed by atoms with Gasteiger partial charge < -0.3 is 14.1 Å².